The monoisotopic (exact) mass is 267 g/mol. The molecule has 0 aliphatic heterocycles. The van der Waals surface area contributed by atoms with Crippen molar-refractivity contribution in [1.82, 2.24) is 4.98 Å². The first-order valence-electron chi connectivity index (χ1n) is 6.67. The quantitative estimate of drug-likeness (QED) is 0.645. The summed E-state index contributed by atoms with van der Waals surface area (Å²) in [5.41, 5.74) is 5.51. The lowest BCUT2D eigenvalue weighted by atomic mass is 9.93. The molecule has 19 heavy (non-hydrogen) atoms. The van der Waals surface area contributed by atoms with Gasteiger partial charge < -0.3 is 4.98 Å². The average Bonchev–Trinajstić information content (AvgIpc) is 3.01. The fourth-order valence-corrected chi connectivity index (χ4v) is 3.46. The molecule has 0 bridgehead atoms. The van der Waals surface area contributed by atoms with Crippen LogP contribution in [0.1, 0.15) is 29.0 Å². The highest BCUT2D eigenvalue weighted by molar-refractivity contribution is 6.31. The topological polar surface area (TPSA) is 15.8 Å². The van der Waals surface area contributed by atoms with Crippen LogP contribution in [-0.4, -0.2) is 4.98 Å². The van der Waals surface area contributed by atoms with E-state index in [0.29, 0.717) is 5.92 Å². The number of rotatable bonds is 1. The molecule has 0 fully saturated rings. The maximum atomic E-state index is 6.14. The van der Waals surface area contributed by atoms with Crippen LogP contribution in [-0.2, 0) is 6.42 Å². The maximum Gasteiger partial charge on any atom is 0.0458 e. The summed E-state index contributed by atoms with van der Waals surface area (Å²) >= 11 is 6.14. The van der Waals surface area contributed by atoms with Crippen LogP contribution >= 0.6 is 11.6 Å². The Morgan fingerprint density at radius 3 is 2.89 bits per heavy atom. The highest BCUT2D eigenvalue weighted by Crippen LogP contribution is 2.41. The Morgan fingerprint density at radius 1 is 1.05 bits per heavy atom. The van der Waals surface area contributed by atoms with Gasteiger partial charge in [0.15, 0.2) is 0 Å². The van der Waals surface area contributed by atoms with Crippen molar-refractivity contribution in [2.75, 3.05) is 0 Å². The molecule has 1 N–H and O–H groups in total. The van der Waals surface area contributed by atoms with Gasteiger partial charge in [-0.05, 0) is 47.7 Å². The van der Waals surface area contributed by atoms with Crippen LogP contribution in [0.25, 0.3) is 10.9 Å². The Balaban J connectivity index is 1.90. The third-order valence-electron chi connectivity index (χ3n) is 4.18. The first-order valence-corrected chi connectivity index (χ1v) is 7.05. The van der Waals surface area contributed by atoms with Crippen molar-refractivity contribution in [2.24, 2.45) is 0 Å². The Bertz CT molecular complexity index is 757. The van der Waals surface area contributed by atoms with E-state index in [1.54, 1.807) is 0 Å². The number of H-pyrrole nitrogens is 1. The van der Waals surface area contributed by atoms with Crippen molar-refractivity contribution in [3.05, 3.63) is 70.4 Å². The van der Waals surface area contributed by atoms with Crippen LogP contribution in [0.15, 0.2) is 48.7 Å². The van der Waals surface area contributed by atoms with Crippen molar-refractivity contribution in [2.45, 2.75) is 18.8 Å². The summed E-state index contributed by atoms with van der Waals surface area (Å²) in [4.78, 5) is 3.36. The Labute approximate surface area is 117 Å². The smallest absolute Gasteiger partial charge is 0.0458 e. The molecule has 0 saturated carbocycles. The Kier molecular flexibility index (Phi) is 2.42. The lowest BCUT2D eigenvalue weighted by molar-refractivity contribution is 0.794. The lowest BCUT2D eigenvalue weighted by Gasteiger charge is -2.10. The van der Waals surface area contributed by atoms with Gasteiger partial charge in [0.2, 0.25) is 0 Å². The van der Waals surface area contributed by atoms with Gasteiger partial charge in [-0.1, -0.05) is 35.9 Å². The van der Waals surface area contributed by atoms with Gasteiger partial charge in [-0.15, -0.1) is 0 Å². The van der Waals surface area contributed by atoms with E-state index < -0.39 is 0 Å². The second-order valence-electron chi connectivity index (χ2n) is 5.22. The largest absolute Gasteiger partial charge is 0.361 e. The number of fused-ring (bicyclic) bond motifs is 2. The third kappa shape index (κ3) is 1.69. The average molecular weight is 268 g/mol. The molecule has 1 heterocycles. The van der Waals surface area contributed by atoms with Crippen LogP contribution in [0.5, 0.6) is 0 Å². The summed E-state index contributed by atoms with van der Waals surface area (Å²) in [6.07, 6.45) is 4.51. The molecular formula is C17H14ClN. The standard InChI is InChI=1S/C17H14ClN/c18-12-6-8-17-15(9-12)16(10-19-17)14-7-5-11-3-1-2-4-13(11)14/h1-4,6,8-10,14,19H,5,7H2. The Hall–Kier alpha value is -1.73. The molecule has 1 aliphatic rings. The lowest BCUT2D eigenvalue weighted by Crippen LogP contribution is -1.94. The van der Waals surface area contributed by atoms with Crippen LogP contribution in [0.3, 0.4) is 0 Å². The predicted molar refractivity (Wildman–Crippen MR) is 79.9 cm³/mol. The van der Waals surface area contributed by atoms with Crippen LogP contribution in [0.4, 0.5) is 0 Å². The fourth-order valence-electron chi connectivity index (χ4n) is 3.28. The van der Waals surface area contributed by atoms with E-state index in [4.69, 9.17) is 11.6 Å². The molecule has 1 aromatic heterocycles. The molecule has 2 aromatic carbocycles. The van der Waals surface area contributed by atoms with E-state index in [2.05, 4.69) is 47.6 Å². The highest BCUT2D eigenvalue weighted by Gasteiger charge is 2.25. The van der Waals surface area contributed by atoms with Gasteiger partial charge in [0.25, 0.3) is 0 Å². The molecule has 3 aromatic rings. The minimum Gasteiger partial charge on any atom is -0.361 e. The number of benzene rings is 2. The number of hydrogen-bond acceptors (Lipinski definition) is 0. The van der Waals surface area contributed by atoms with Crippen LogP contribution < -0.4 is 0 Å². The van der Waals surface area contributed by atoms with E-state index in [-0.39, 0.29) is 0 Å². The summed E-state index contributed by atoms with van der Waals surface area (Å²) in [6, 6.07) is 14.8. The number of aromatic nitrogens is 1. The van der Waals surface area contributed by atoms with Crippen molar-refractivity contribution in [3.63, 3.8) is 0 Å². The maximum absolute atomic E-state index is 6.14. The number of halogens is 1. The molecule has 0 spiro atoms. The first kappa shape index (κ1) is 11.1. The minimum absolute atomic E-state index is 0.503. The molecule has 1 aliphatic carbocycles. The zero-order valence-corrected chi connectivity index (χ0v) is 11.2. The summed E-state index contributed by atoms with van der Waals surface area (Å²) < 4.78 is 0. The minimum atomic E-state index is 0.503. The van der Waals surface area contributed by atoms with E-state index in [1.807, 2.05) is 6.07 Å². The van der Waals surface area contributed by atoms with Gasteiger partial charge in [-0.2, -0.15) is 0 Å². The molecule has 1 unspecified atom stereocenters. The van der Waals surface area contributed by atoms with Crippen molar-refractivity contribution < 1.29 is 0 Å². The van der Waals surface area contributed by atoms with E-state index >= 15 is 0 Å². The summed E-state index contributed by atoms with van der Waals surface area (Å²) in [7, 11) is 0. The highest BCUT2D eigenvalue weighted by atomic mass is 35.5. The summed E-state index contributed by atoms with van der Waals surface area (Å²) in [5.74, 6) is 0.503. The van der Waals surface area contributed by atoms with Gasteiger partial charge >= 0.3 is 0 Å². The second kappa shape index (κ2) is 4.14. The SMILES string of the molecule is Clc1ccc2[nH]cc(C3CCc4ccccc43)c2c1. The fraction of sp³-hybridized carbons (Fsp3) is 0.176. The predicted octanol–water partition coefficient (Wildman–Crippen LogP) is 4.90. The van der Waals surface area contributed by atoms with Crippen molar-refractivity contribution in [1.29, 1.82) is 0 Å². The number of hydrogen-bond donors (Lipinski definition) is 1. The molecule has 2 heteroatoms. The number of aryl methyl sites for hydroxylation is 1. The van der Waals surface area contributed by atoms with Gasteiger partial charge in [0.1, 0.15) is 0 Å². The molecule has 0 radical (unpaired) electrons. The summed E-state index contributed by atoms with van der Waals surface area (Å²) in [6.45, 7) is 0. The molecule has 1 atom stereocenters. The molecule has 0 amide bonds. The molecular weight excluding hydrogens is 254 g/mol. The molecule has 0 saturated heterocycles. The van der Waals surface area contributed by atoms with E-state index in [0.717, 1.165) is 5.02 Å². The van der Waals surface area contributed by atoms with Gasteiger partial charge in [0, 0.05) is 28.0 Å². The molecule has 4 rings (SSSR count). The molecule has 94 valence electrons. The third-order valence-corrected chi connectivity index (χ3v) is 4.42. The Morgan fingerprint density at radius 2 is 1.95 bits per heavy atom. The molecule has 1 nitrogen and oxygen atoms in total. The summed E-state index contributed by atoms with van der Waals surface area (Å²) in [5, 5.41) is 2.06. The van der Waals surface area contributed by atoms with Gasteiger partial charge in [-0.25, -0.2) is 0 Å². The number of aromatic amines is 1. The number of nitrogens with one attached hydrogen (secondary N) is 1. The van der Waals surface area contributed by atoms with Crippen molar-refractivity contribution >= 4 is 22.5 Å². The van der Waals surface area contributed by atoms with Gasteiger partial charge in [0.05, 0.1) is 0 Å². The normalized spacial score (nSPS) is 17.8. The van der Waals surface area contributed by atoms with Crippen LogP contribution in [0.2, 0.25) is 5.02 Å². The van der Waals surface area contributed by atoms with Crippen molar-refractivity contribution in [3.8, 4) is 0 Å². The van der Waals surface area contributed by atoms with E-state index in [9.17, 15) is 0 Å². The zero-order chi connectivity index (χ0) is 12.8. The first-order chi connectivity index (χ1) is 9.33. The van der Waals surface area contributed by atoms with Crippen LogP contribution in [0, 0.1) is 0 Å². The van der Waals surface area contributed by atoms with Gasteiger partial charge in [-0.3, -0.25) is 0 Å². The van der Waals surface area contributed by atoms with E-state index in [1.165, 1.54) is 40.4 Å². The zero-order valence-electron chi connectivity index (χ0n) is 10.5. The second-order valence-corrected chi connectivity index (χ2v) is 5.66.